The Kier molecular flexibility index (Phi) is 6.37. The number of nitrogens with zero attached hydrogens (tertiary/aromatic N) is 1. The summed E-state index contributed by atoms with van der Waals surface area (Å²) in [7, 11) is -2.02. The number of anilines is 1. The van der Waals surface area contributed by atoms with Crippen LogP contribution in [0.5, 0.6) is 0 Å². The lowest BCUT2D eigenvalue weighted by Gasteiger charge is -2.45. The Labute approximate surface area is 201 Å². The Morgan fingerprint density at radius 2 is 1.74 bits per heavy atom. The summed E-state index contributed by atoms with van der Waals surface area (Å²) in [5.41, 5.74) is 1.64. The summed E-state index contributed by atoms with van der Waals surface area (Å²) >= 11 is 0. The molecule has 1 aliphatic heterocycles. The summed E-state index contributed by atoms with van der Waals surface area (Å²) in [4.78, 5) is 2.46. The molecule has 2 unspecified atom stereocenters. The lowest BCUT2D eigenvalue weighted by atomic mass is 9.75. The maximum atomic E-state index is 12.3. The molecule has 1 heterocycles. The Bertz CT molecular complexity index is 1260. The molecule has 2 fully saturated rings. The number of hydrogen-bond donors (Lipinski definition) is 2. The normalized spacial score (nSPS) is 25.0. The van der Waals surface area contributed by atoms with Gasteiger partial charge in [0.05, 0.1) is 18.0 Å². The van der Waals surface area contributed by atoms with Crippen LogP contribution in [0.1, 0.15) is 24.0 Å². The molecule has 2 N–H and O–H groups in total. The SMILES string of the molecule is COCCS(=O)(=O)Nc1cccc(C2(O)C3CCC2CN(Cc2ccc4ccccc4c2)C3)c1. The van der Waals surface area contributed by atoms with E-state index in [0.29, 0.717) is 5.69 Å². The monoisotopic (exact) mass is 480 g/mol. The number of aliphatic hydroxyl groups is 1. The van der Waals surface area contributed by atoms with E-state index in [4.69, 9.17) is 4.74 Å². The molecular weight excluding hydrogens is 448 g/mol. The third-order valence-corrected chi connectivity index (χ3v) is 8.69. The van der Waals surface area contributed by atoms with Gasteiger partial charge in [0, 0.05) is 44.3 Å². The number of fused-ring (bicyclic) bond motifs is 3. The van der Waals surface area contributed by atoms with E-state index in [0.717, 1.165) is 38.0 Å². The summed E-state index contributed by atoms with van der Waals surface area (Å²) in [6.07, 6.45) is 1.94. The topological polar surface area (TPSA) is 78.9 Å². The predicted molar refractivity (Wildman–Crippen MR) is 135 cm³/mol. The van der Waals surface area contributed by atoms with E-state index in [-0.39, 0.29) is 24.2 Å². The van der Waals surface area contributed by atoms with Crippen LogP contribution in [0.3, 0.4) is 0 Å². The van der Waals surface area contributed by atoms with Crippen molar-refractivity contribution in [2.24, 2.45) is 11.8 Å². The molecule has 180 valence electrons. The van der Waals surface area contributed by atoms with Gasteiger partial charge < -0.3 is 9.84 Å². The van der Waals surface area contributed by atoms with E-state index in [1.165, 1.54) is 23.4 Å². The first kappa shape index (κ1) is 23.3. The molecule has 0 radical (unpaired) electrons. The second kappa shape index (κ2) is 9.30. The van der Waals surface area contributed by atoms with Crippen molar-refractivity contribution < 1.29 is 18.3 Å². The third kappa shape index (κ3) is 4.58. The lowest BCUT2D eigenvalue weighted by Crippen LogP contribution is -2.51. The van der Waals surface area contributed by atoms with Gasteiger partial charge in [0.25, 0.3) is 0 Å². The third-order valence-electron chi connectivity index (χ3n) is 7.44. The van der Waals surface area contributed by atoms with E-state index in [1.54, 1.807) is 12.1 Å². The van der Waals surface area contributed by atoms with E-state index in [2.05, 4.69) is 52.1 Å². The van der Waals surface area contributed by atoms with Crippen LogP contribution < -0.4 is 4.72 Å². The second-order valence-corrected chi connectivity index (χ2v) is 11.5. The van der Waals surface area contributed by atoms with Crippen LogP contribution in [0.15, 0.2) is 66.7 Å². The molecule has 6 nitrogen and oxygen atoms in total. The highest BCUT2D eigenvalue weighted by Crippen LogP contribution is 2.51. The molecule has 0 spiro atoms. The van der Waals surface area contributed by atoms with Crippen LogP contribution in [0.25, 0.3) is 10.8 Å². The van der Waals surface area contributed by atoms with Crippen LogP contribution in [0.4, 0.5) is 5.69 Å². The van der Waals surface area contributed by atoms with Gasteiger partial charge >= 0.3 is 0 Å². The molecular formula is C27H32N2O4S. The highest BCUT2D eigenvalue weighted by atomic mass is 32.2. The van der Waals surface area contributed by atoms with Crippen LogP contribution >= 0.6 is 0 Å². The number of sulfonamides is 1. The highest BCUT2D eigenvalue weighted by Gasteiger charge is 2.53. The summed E-state index contributed by atoms with van der Waals surface area (Å²) < 4.78 is 32.1. The molecule has 2 aliphatic rings. The number of nitrogens with one attached hydrogen (secondary N) is 1. The van der Waals surface area contributed by atoms with Crippen LogP contribution in [-0.4, -0.2) is 51.0 Å². The first-order valence-corrected chi connectivity index (χ1v) is 13.5. The Hall–Kier alpha value is -2.45. The fourth-order valence-corrected chi connectivity index (χ4v) is 6.76. The fourth-order valence-electron chi connectivity index (χ4n) is 5.79. The summed E-state index contributed by atoms with van der Waals surface area (Å²) in [6.45, 7) is 2.65. The van der Waals surface area contributed by atoms with Gasteiger partial charge in [0.1, 0.15) is 0 Å². The largest absolute Gasteiger partial charge is 0.384 e. The number of hydrogen-bond acceptors (Lipinski definition) is 5. The zero-order valence-corrected chi connectivity index (χ0v) is 20.3. The molecule has 3 aromatic carbocycles. The van der Waals surface area contributed by atoms with E-state index >= 15 is 0 Å². The first-order chi connectivity index (χ1) is 16.4. The zero-order chi connectivity index (χ0) is 23.8. The molecule has 0 amide bonds. The van der Waals surface area contributed by atoms with Crippen molar-refractivity contribution in [3.05, 3.63) is 77.9 Å². The summed E-state index contributed by atoms with van der Waals surface area (Å²) in [6, 6.07) is 22.3. The molecule has 2 bridgehead atoms. The average molecular weight is 481 g/mol. The molecule has 5 rings (SSSR count). The van der Waals surface area contributed by atoms with Gasteiger partial charge in [-0.1, -0.05) is 48.5 Å². The van der Waals surface area contributed by atoms with Gasteiger partial charge in [0.15, 0.2) is 0 Å². The number of piperidine rings is 1. The van der Waals surface area contributed by atoms with Gasteiger partial charge in [-0.15, -0.1) is 0 Å². The van der Waals surface area contributed by atoms with E-state index in [1.807, 2.05) is 12.1 Å². The molecule has 2 atom stereocenters. The van der Waals surface area contributed by atoms with Gasteiger partial charge in [-0.05, 0) is 52.9 Å². The molecule has 1 saturated heterocycles. The van der Waals surface area contributed by atoms with Crippen molar-refractivity contribution in [1.29, 1.82) is 0 Å². The Morgan fingerprint density at radius 1 is 1.00 bits per heavy atom. The minimum absolute atomic E-state index is 0.104. The van der Waals surface area contributed by atoms with Crippen LogP contribution in [0.2, 0.25) is 0 Å². The quantitative estimate of drug-likeness (QED) is 0.510. The van der Waals surface area contributed by atoms with E-state index < -0.39 is 15.6 Å². The molecule has 34 heavy (non-hydrogen) atoms. The number of rotatable bonds is 8. The fraction of sp³-hybridized carbons (Fsp3) is 0.407. The zero-order valence-electron chi connectivity index (χ0n) is 19.5. The van der Waals surface area contributed by atoms with Crippen molar-refractivity contribution in [2.75, 3.05) is 37.3 Å². The first-order valence-electron chi connectivity index (χ1n) is 11.9. The van der Waals surface area contributed by atoms with Gasteiger partial charge in [-0.3, -0.25) is 9.62 Å². The summed E-state index contributed by atoms with van der Waals surface area (Å²) in [5, 5.41) is 14.4. The number of ether oxygens (including phenoxy) is 1. The predicted octanol–water partition coefficient (Wildman–Crippen LogP) is 3.96. The van der Waals surface area contributed by atoms with Crippen LogP contribution in [0, 0.1) is 11.8 Å². The average Bonchev–Trinajstić information content (AvgIpc) is 2.99. The molecule has 1 saturated carbocycles. The molecule has 7 heteroatoms. The van der Waals surface area contributed by atoms with Gasteiger partial charge in [0.2, 0.25) is 10.0 Å². The van der Waals surface area contributed by atoms with Gasteiger partial charge in [-0.2, -0.15) is 0 Å². The van der Waals surface area contributed by atoms with Crippen molar-refractivity contribution in [2.45, 2.75) is 25.0 Å². The molecule has 3 aromatic rings. The Balaban J connectivity index is 1.32. The maximum absolute atomic E-state index is 12.3. The standard InChI is InChI=1S/C27H32N2O4S/c1-33-13-14-34(31,32)28-26-8-4-7-23(16-26)27(30)24-11-12-25(27)19-29(18-24)17-20-9-10-21-5-2-3-6-22(21)15-20/h2-10,15-16,24-25,28,30H,11-14,17-19H2,1H3. The lowest BCUT2D eigenvalue weighted by molar-refractivity contribution is -0.0914. The summed E-state index contributed by atoms with van der Waals surface area (Å²) in [5.74, 6) is 0.131. The van der Waals surface area contributed by atoms with Gasteiger partial charge in [-0.25, -0.2) is 8.42 Å². The van der Waals surface area contributed by atoms with E-state index in [9.17, 15) is 13.5 Å². The minimum atomic E-state index is -3.50. The van der Waals surface area contributed by atoms with Crippen molar-refractivity contribution in [1.82, 2.24) is 4.90 Å². The Morgan fingerprint density at radius 3 is 2.47 bits per heavy atom. The van der Waals surface area contributed by atoms with Crippen molar-refractivity contribution in [3.63, 3.8) is 0 Å². The number of likely N-dealkylation sites (tertiary alicyclic amines) is 1. The molecule has 0 aromatic heterocycles. The number of benzene rings is 3. The maximum Gasteiger partial charge on any atom is 0.234 e. The molecule has 1 aliphatic carbocycles. The minimum Gasteiger partial charge on any atom is -0.384 e. The van der Waals surface area contributed by atoms with Crippen molar-refractivity contribution >= 4 is 26.5 Å². The number of methoxy groups -OCH3 is 1. The van der Waals surface area contributed by atoms with Crippen molar-refractivity contribution in [3.8, 4) is 0 Å². The second-order valence-electron chi connectivity index (χ2n) is 9.67. The smallest absolute Gasteiger partial charge is 0.234 e. The van der Waals surface area contributed by atoms with Crippen LogP contribution in [-0.2, 0) is 26.9 Å². The highest BCUT2D eigenvalue weighted by molar-refractivity contribution is 7.92.